The maximum absolute atomic E-state index is 11.6. The van der Waals surface area contributed by atoms with Gasteiger partial charge in [-0.25, -0.2) is 0 Å². The number of fused-ring (bicyclic) bond motifs is 1. The van der Waals surface area contributed by atoms with Crippen LogP contribution in [-0.4, -0.2) is 17.1 Å². The average Bonchev–Trinajstić information content (AvgIpc) is 2.66. The Hall–Kier alpha value is -1.90. The fourth-order valence-corrected chi connectivity index (χ4v) is 1.68. The minimum Gasteiger partial charge on any atom is -0.352 e. The van der Waals surface area contributed by atoms with Gasteiger partial charge < -0.3 is 4.98 Å². The van der Waals surface area contributed by atoms with Crippen LogP contribution in [0.1, 0.15) is 34.2 Å². The topological polar surface area (TPSA) is 49.9 Å². The third kappa shape index (κ3) is 1.46. The first-order chi connectivity index (χ1) is 7.27. The molecule has 0 amide bonds. The highest BCUT2D eigenvalue weighted by atomic mass is 16.1. The Balaban J connectivity index is 2.74. The van der Waals surface area contributed by atoms with Gasteiger partial charge in [0.2, 0.25) is 0 Å². The van der Waals surface area contributed by atoms with Gasteiger partial charge in [0.1, 0.15) is 0 Å². The number of hydrogen-bond donors (Lipinski definition) is 1. The van der Waals surface area contributed by atoms with Crippen LogP contribution >= 0.6 is 0 Å². The lowest BCUT2D eigenvalue weighted by atomic mass is 10.1. The summed E-state index contributed by atoms with van der Waals surface area (Å²) in [5.41, 5.74) is 1.72. The van der Waals surface area contributed by atoms with Crippen molar-refractivity contribution in [3.63, 3.8) is 0 Å². The number of Topliss-reactive ketones (excluding diaryl/α,β-unsaturated/α-hetero) is 1. The predicted molar refractivity (Wildman–Crippen MR) is 58.3 cm³/mol. The van der Waals surface area contributed by atoms with Crippen molar-refractivity contribution in [2.45, 2.75) is 13.3 Å². The van der Waals surface area contributed by atoms with E-state index < -0.39 is 0 Å². The van der Waals surface area contributed by atoms with Crippen molar-refractivity contribution >= 4 is 23.0 Å². The maximum atomic E-state index is 11.6. The Kier molecular flexibility index (Phi) is 2.37. The molecule has 2 rings (SSSR count). The number of hydrogen-bond acceptors (Lipinski definition) is 2. The van der Waals surface area contributed by atoms with Crippen molar-refractivity contribution in [2.24, 2.45) is 0 Å². The van der Waals surface area contributed by atoms with Gasteiger partial charge >= 0.3 is 0 Å². The van der Waals surface area contributed by atoms with Crippen molar-refractivity contribution in [3.05, 3.63) is 35.5 Å². The maximum Gasteiger partial charge on any atom is 0.179 e. The van der Waals surface area contributed by atoms with Gasteiger partial charge in [-0.3, -0.25) is 9.59 Å². The second kappa shape index (κ2) is 3.69. The van der Waals surface area contributed by atoms with Gasteiger partial charge in [0.05, 0.1) is 11.3 Å². The number of H-pyrrole nitrogens is 1. The number of nitrogens with one attached hydrogen (secondary N) is 1. The Morgan fingerprint density at radius 3 is 2.80 bits per heavy atom. The van der Waals surface area contributed by atoms with Crippen LogP contribution in [0.5, 0.6) is 0 Å². The van der Waals surface area contributed by atoms with Gasteiger partial charge in [0, 0.05) is 17.3 Å². The zero-order valence-corrected chi connectivity index (χ0v) is 8.41. The van der Waals surface area contributed by atoms with E-state index in [1.807, 2.05) is 24.3 Å². The molecule has 15 heavy (non-hydrogen) atoms. The summed E-state index contributed by atoms with van der Waals surface area (Å²) in [6, 6.07) is 7.41. The summed E-state index contributed by atoms with van der Waals surface area (Å²) in [6.07, 6.45) is 1.13. The van der Waals surface area contributed by atoms with E-state index in [9.17, 15) is 9.59 Å². The van der Waals surface area contributed by atoms with E-state index >= 15 is 0 Å². The van der Waals surface area contributed by atoms with Gasteiger partial charge in [0.25, 0.3) is 0 Å². The first kappa shape index (κ1) is 9.65. The van der Waals surface area contributed by atoms with Crippen LogP contribution in [0.2, 0.25) is 0 Å². The summed E-state index contributed by atoms with van der Waals surface area (Å²) in [5, 5.41) is 0.810. The van der Waals surface area contributed by atoms with Crippen LogP contribution in [0.25, 0.3) is 10.9 Å². The molecule has 0 spiro atoms. The first-order valence-corrected chi connectivity index (χ1v) is 4.87. The molecule has 0 aliphatic rings. The summed E-state index contributed by atoms with van der Waals surface area (Å²) >= 11 is 0. The molecule has 0 atom stereocenters. The molecule has 2 aromatic rings. The molecule has 0 unspecified atom stereocenters. The highest BCUT2D eigenvalue weighted by Gasteiger charge is 2.14. The third-order valence-electron chi connectivity index (χ3n) is 2.46. The Labute approximate surface area is 87.1 Å². The van der Waals surface area contributed by atoms with Gasteiger partial charge in [-0.1, -0.05) is 25.1 Å². The van der Waals surface area contributed by atoms with Crippen LogP contribution in [0, 0.1) is 0 Å². The molecular weight excluding hydrogens is 190 g/mol. The van der Waals surface area contributed by atoms with E-state index in [0.29, 0.717) is 17.7 Å². The van der Waals surface area contributed by atoms with Crippen LogP contribution in [-0.2, 0) is 0 Å². The number of ketones is 1. The molecule has 3 heteroatoms. The second-order valence-electron chi connectivity index (χ2n) is 3.35. The summed E-state index contributed by atoms with van der Waals surface area (Å²) in [7, 11) is 0. The van der Waals surface area contributed by atoms with Gasteiger partial charge in [-0.2, -0.15) is 0 Å². The number of carbonyl (C=O) groups is 2. The molecule has 3 nitrogen and oxygen atoms in total. The van der Waals surface area contributed by atoms with Crippen molar-refractivity contribution in [2.75, 3.05) is 0 Å². The molecular formula is C12H11NO2. The molecule has 0 aliphatic carbocycles. The monoisotopic (exact) mass is 201 g/mol. The Bertz CT molecular complexity index is 525. The lowest BCUT2D eigenvalue weighted by molar-refractivity contribution is 0.0978. The van der Waals surface area contributed by atoms with Crippen molar-refractivity contribution in [3.8, 4) is 0 Å². The van der Waals surface area contributed by atoms with Crippen molar-refractivity contribution in [1.82, 2.24) is 4.98 Å². The van der Waals surface area contributed by atoms with Crippen molar-refractivity contribution in [1.29, 1.82) is 0 Å². The van der Waals surface area contributed by atoms with Gasteiger partial charge in [-0.05, 0) is 6.07 Å². The molecule has 0 fully saturated rings. The third-order valence-corrected chi connectivity index (χ3v) is 2.46. The van der Waals surface area contributed by atoms with E-state index in [2.05, 4.69) is 4.98 Å². The standard InChI is InChI=1S/C12H11NO2/c1-2-11(15)12-9(7-14)8-5-3-4-6-10(8)13-12/h3-7,13H,2H2,1H3. The summed E-state index contributed by atoms with van der Waals surface area (Å²) in [6.45, 7) is 1.78. The summed E-state index contributed by atoms with van der Waals surface area (Å²) in [5.74, 6) is -0.0340. The molecule has 1 aromatic heterocycles. The van der Waals surface area contributed by atoms with Crippen LogP contribution in [0.4, 0.5) is 0 Å². The second-order valence-corrected chi connectivity index (χ2v) is 3.35. The van der Waals surface area contributed by atoms with Gasteiger partial charge in [-0.15, -0.1) is 0 Å². The number of aromatic nitrogens is 1. The molecule has 1 N–H and O–H groups in total. The van der Waals surface area contributed by atoms with Crippen LogP contribution in [0.15, 0.2) is 24.3 Å². The number of benzene rings is 1. The number of para-hydroxylation sites is 1. The molecule has 76 valence electrons. The molecule has 0 saturated carbocycles. The van der Waals surface area contributed by atoms with E-state index in [0.717, 1.165) is 17.2 Å². The molecule has 0 radical (unpaired) electrons. The summed E-state index contributed by atoms with van der Waals surface area (Å²) < 4.78 is 0. The first-order valence-electron chi connectivity index (χ1n) is 4.87. The number of aldehydes is 1. The van der Waals surface area contributed by atoms with Crippen LogP contribution < -0.4 is 0 Å². The zero-order valence-electron chi connectivity index (χ0n) is 8.41. The Morgan fingerprint density at radius 2 is 2.13 bits per heavy atom. The SMILES string of the molecule is CCC(=O)c1[nH]c2ccccc2c1C=O. The zero-order chi connectivity index (χ0) is 10.8. The minimum absolute atomic E-state index is 0.0340. The fourth-order valence-electron chi connectivity index (χ4n) is 1.68. The molecule has 1 heterocycles. The predicted octanol–water partition coefficient (Wildman–Crippen LogP) is 2.57. The minimum atomic E-state index is -0.0340. The lowest BCUT2D eigenvalue weighted by Gasteiger charge is -1.93. The smallest absolute Gasteiger partial charge is 0.179 e. The number of carbonyl (C=O) groups excluding carboxylic acids is 2. The molecule has 0 saturated heterocycles. The quantitative estimate of drug-likeness (QED) is 0.612. The van der Waals surface area contributed by atoms with E-state index in [4.69, 9.17) is 0 Å². The lowest BCUT2D eigenvalue weighted by Crippen LogP contribution is -2.00. The van der Waals surface area contributed by atoms with E-state index in [-0.39, 0.29) is 5.78 Å². The number of aromatic amines is 1. The Morgan fingerprint density at radius 1 is 1.40 bits per heavy atom. The highest BCUT2D eigenvalue weighted by Crippen LogP contribution is 2.21. The molecule has 0 aliphatic heterocycles. The van der Waals surface area contributed by atoms with E-state index in [1.165, 1.54) is 0 Å². The highest BCUT2D eigenvalue weighted by molar-refractivity contribution is 6.10. The largest absolute Gasteiger partial charge is 0.352 e. The summed E-state index contributed by atoms with van der Waals surface area (Å²) in [4.78, 5) is 25.5. The van der Waals surface area contributed by atoms with Crippen molar-refractivity contribution < 1.29 is 9.59 Å². The molecule has 0 bridgehead atoms. The number of rotatable bonds is 3. The van der Waals surface area contributed by atoms with Crippen LogP contribution in [0.3, 0.4) is 0 Å². The normalized spacial score (nSPS) is 10.5. The molecule has 1 aromatic carbocycles. The van der Waals surface area contributed by atoms with Gasteiger partial charge in [0.15, 0.2) is 12.1 Å². The van der Waals surface area contributed by atoms with E-state index in [1.54, 1.807) is 6.92 Å². The fraction of sp³-hybridized carbons (Fsp3) is 0.167. The average molecular weight is 201 g/mol.